The summed E-state index contributed by atoms with van der Waals surface area (Å²) < 4.78 is 5.37. The van der Waals surface area contributed by atoms with E-state index in [1.807, 2.05) is 6.08 Å². The number of carbonyl (C=O) groups is 4. The van der Waals surface area contributed by atoms with Gasteiger partial charge in [-0.1, -0.05) is 27.6 Å². The van der Waals surface area contributed by atoms with E-state index in [1.54, 1.807) is 32.9 Å². The van der Waals surface area contributed by atoms with E-state index in [1.165, 1.54) is 18.1 Å². The number of fused-ring (bicyclic) bond motifs is 4. The first-order valence-electron chi connectivity index (χ1n) is 12.0. The molecule has 198 valence electrons. The highest BCUT2D eigenvalue weighted by atomic mass is 79.9. The number of phenols is 1. The Balaban J connectivity index is 1.75. The van der Waals surface area contributed by atoms with E-state index in [0.717, 1.165) is 4.90 Å². The summed E-state index contributed by atoms with van der Waals surface area (Å²) in [5.74, 6) is -4.77. The Bertz CT molecular complexity index is 1280. The van der Waals surface area contributed by atoms with Gasteiger partial charge in [-0.2, -0.15) is 0 Å². The number of carbonyl (C=O) groups excluding carboxylic acids is 4. The number of rotatable bonds is 3. The summed E-state index contributed by atoms with van der Waals surface area (Å²) in [6, 6.07) is 4.55. The number of allylic oxidation sites excluding steroid dienone is 2. The lowest BCUT2D eigenvalue weighted by atomic mass is 9.56. The third-order valence-electron chi connectivity index (χ3n) is 8.23. The second-order valence-electron chi connectivity index (χ2n) is 11.1. The van der Waals surface area contributed by atoms with Crippen LogP contribution < -0.4 is 4.74 Å². The van der Waals surface area contributed by atoms with Crippen LogP contribution >= 0.6 is 39.1 Å². The molecule has 4 amide bonds. The van der Waals surface area contributed by atoms with Crippen molar-refractivity contribution in [2.24, 2.45) is 17.8 Å². The molecule has 2 aliphatic heterocycles. The molecule has 1 aromatic carbocycles. The monoisotopic (exact) mass is 612 g/mol. The van der Waals surface area contributed by atoms with Crippen molar-refractivity contribution in [3.63, 3.8) is 0 Å². The van der Waals surface area contributed by atoms with E-state index < -0.39 is 50.8 Å². The van der Waals surface area contributed by atoms with Gasteiger partial charge in [0, 0.05) is 17.0 Å². The van der Waals surface area contributed by atoms with Crippen LogP contribution in [0.4, 0.5) is 0 Å². The number of benzene rings is 1. The van der Waals surface area contributed by atoms with Crippen LogP contribution in [0.25, 0.3) is 0 Å². The van der Waals surface area contributed by atoms with E-state index >= 15 is 0 Å². The van der Waals surface area contributed by atoms with Crippen molar-refractivity contribution >= 4 is 62.8 Å². The zero-order chi connectivity index (χ0) is 27.2. The Morgan fingerprint density at radius 1 is 1.11 bits per heavy atom. The highest BCUT2D eigenvalue weighted by Gasteiger charge is 2.76. The van der Waals surface area contributed by atoms with Gasteiger partial charge in [-0.15, -0.1) is 23.2 Å². The number of halogens is 3. The largest absolute Gasteiger partial charge is 0.508 e. The molecule has 11 heteroatoms. The molecule has 1 saturated carbocycles. The van der Waals surface area contributed by atoms with Crippen molar-refractivity contribution in [1.82, 2.24) is 9.80 Å². The predicted octanol–water partition coefficient (Wildman–Crippen LogP) is 3.91. The van der Waals surface area contributed by atoms with E-state index in [0.29, 0.717) is 11.3 Å². The molecule has 8 nitrogen and oxygen atoms in total. The molecule has 37 heavy (non-hydrogen) atoms. The number of phenolic OH excluding ortho intramolecular Hbond substituents is 1. The second kappa shape index (κ2) is 8.45. The normalized spacial score (nSPS) is 35.4. The number of hydrogen-bond acceptors (Lipinski definition) is 6. The van der Waals surface area contributed by atoms with Gasteiger partial charge in [0.1, 0.15) is 11.5 Å². The number of methoxy groups -OCH3 is 1. The molecule has 0 aromatic heterocycles. The first kappa shape index (κ1) is 26.5. The van der Waals surface area contributed by atoms with Gasteiger partial charge >= 0.3 is 0 Å². The Morgan fingerprint density at radius 2 is 1.78 bits per heavy atom. The van der Waals surface area contributed by atoms with Crippen LogP contribution in [0.3, 0.4) is 0 Å². The van der Waals surface area contributed by atoms with Crippen molar-refractivity contribution in [1.29, 1.82) is 0 Å². The van der Waals surface area contributed by atoms with Crippen molar-refractivity contribution < 1.29 is 29.0 Å². The van der Waals surface area contributed by atoms with Crippen LogP contribution in [0.2, 0.25) is 0 Å². The molecule has 0 spiro atoms. The summed E-state index contributed by atoms with van der Waals surface area (Å²) in [5, 5.41) is 11.0. The summed E-state index contributed by atoms with van der Waals surface area (Å²) in [6.07, 6.45) is 2.00. The Labute approximate surface area is 233 Å². The number of amides is 4. The lowest BCUT2D eigenvalue weighted by molar-refractivity contribution is -0.146. The van der Waals surface area contributed by atoms with Gasteiger partial charge in [0.15, 0.2) is 9.75 Å². The smallest absolute Gasteiger partial charge is 0.254 e. The zero-order valence-corrected chi connectivity index (χ0v) is 23.9. The maximum atomic E-state index is 13.8. The standard InChI is InChI=1S/C26H27BrCl2N2O6/c1-24(2,3)31-20(33)14-7-6-13-16(18(14)21(31)34)10-25(28)22(35)30(11-27)23(36)26(25,29)19(13)15-9-12(37-4)5-8-17(15)32/h5-6,8-9,14,16,18-19,32H,7,10-11H2,1-4H3. The van der Waals surface area contributed by atoms with Gasteiger partial charge in [0.25, 0.3) is 11.8 Å². The molecule has 1 N–H and O–H groups in total. The predicted molar refractivity (Wildman–Crippen MR) is 140 cm³/mol. The molecule has 2 aliphatic carbocycles. The molecule has 6 unspecified atom stereocenters. The van der Waals surface area contributed by atoms with Crippen molar-refractivity contribution in [2.45, 2.75) is 54.8 Å². The maximum absolute atomic E-state index is 13.8. The van der Waals surface area contributed by atoms with Gasteiger partial charge < -0.3 is 9.84 Å². The van der Waals surface area contributed by atoms with Gasteiger partial charge in [0.05, 0.1) is 24.4 Å². The van der Waals surface area contributed by atoms with Crippen molar-refractivity contribution in [2.75, 3.05) is 12.6 Å². The van der Waals surface area contributed by atoms with Gasteiger partial charge in [0.2, 0.25) is 11.8 Å². The number of alkyl halides is 3. The second-order valence-corrected chi connectivity index (χ2v) is 12.8. The average Bonchev–Trinajstić information content (AvgIpc) is 3.18. The Morgan fingerprint density at radius 3 is 2.38 bits per heavy atom. The van der Waals surface area contributed by atoms with E-state index in [-0.39, 0.29) is 41.4 Å². The van der Waals surface area contributed by atoms with E-state index in [2.05, 4.69) is 15.9 Å². The molecule has 6 atom stereocenters. The number of aromatic hydroxyl groups is 1. The third-order valence-corrected chi connectivity index (χ3v) is 10.1. The summed E-state index contributed by atoms with van der Waals surface area (Å²) in [5.41, 5.74) is 0.0300. The van der Waals surface area contributed by atoms with Gasteiger partial charge in [-0.3, -0.25) is 29.0 Å². The zero-order valence-electron chi connectivity index (χ0n) is 20.8. The third kappa shape index (κ3) is 3.32. The van der Waals surface area contributed by atoms with Gasteiger partial charge in [-0.25, -0.2) is 0 Å². The molecular weight excluding hydrogens is 587 g/mol. The molecule has 2 saturated heterocycles. The molecule has 5 rings (SSSR count). The first-order chi connectivity index (χ1) is 17.2. The molecule has 0 bridgehead atoms. The molecule has 2 heterocycles. The van der Waals surface area contributed by atoms with Crippen LogP contribution in [0.1, 0.15) is 45.1 Å². The minimum Gasteiger partial charge on any atom is -0.508 e. The summed E-state index contributed by atoms with van der Waals surface area (Å²) in [7, 11) is 1.47. The fourth-order valence-corrected chi connectivity index (χ4v) is 8.07. The van der Waals surface area contributed by atoms with E-state index in [9.17, 15) is 24.3 Å². The van der Waals surface area contributed by atoms with Crippen LogP contribution in [0, 0.1) is 17.8 Å². The highest BCUT2D eigenvalue weighted by Crippen LogP contribution is 2.66. The summed E-state index contributed by atoms with van der Waals surface area (Å²) in [4.78, 5) is 52.9. The van der Waals surface area contributed by atoms with Crippen LogP contribution in [-0.2, 0) is 19.2 Å². The topological polar surface area (TPSA) is 104 Å². The van der Waals surface area contributed by atoms with E-state index in [4.69, 9.17) is 27.9 Å². The van der Waals surface area contributed by atoms with Crippen LogP contribution in [-0.4, -0.2) is 66.4 Å². The Hall–Kier alpha value is -2.10. The minimum absolute atomic E-state index is 0.0998. The quantitative estimate of drug-likeness (QED) is 0.240. The Kier molecular flexibility index (Phi) is 6.05. The summed E-state index contributed by atoms with van der Waals surface area (Å²) in [6.45, 7) is 5.39. The number of nitrogens with zero attached hydrogens (tertiary/aromatic N) is 2. The van der Waals surface area contributed by atoms with Gasteiger partial charge in [-0.05, 0) is 57.7 Å². The average molecular weight is 614 g/mol. The maximum Gasteiger partial charge on any atom is 0.254 e. The number of imide groups is 2. The SMILES string of the molecule is COc1ccc(O)c(C2C3=CCC4C(=O)N(C(C)(C)C)C(=O)C4C3CC3(Cl)C(=O)N(CBr)C(=O)C23Cl)c1. The van der Waals surface area contributed by atoms with Crippen LogP contribution in [0.15, 0.2) is 29.8 Å². The minimum atomic E-state index is -1.98. The molecule has 0 radical (unpaired) electrons. The molecule has 3 fully saturated rings. The number of hydrogen-bond donors (Lipinski definition) is 1. The van der Waals surface area contributed by atoms with Crippen molar-refractivity contribution in [3.8, 4) is 11.5 Å². The fraction of sp³-hybridized carbons (Fsp3) is 0.538. The lowest BCUT2D eigenvalue weighted by Gasteiger charge is -2.50. The molecule has 1 aromatic rings. The highest BCUT2D eigenvalue weighted by molar-refractivity contribution is 9.09. The molecular formula is C26H27BrCl2N2O6. The number of ether oxygens (including phenoxy) is 1. The van der Waals surface area contributed by atoms with Crippen molar-refractivity contribution in [3.05, 3.63) is 35.4 Å². The molecule has 4 aliphatic rings. The summed E-state index contributed by atoms with van der Waals surface area (Å²) >= 11 is 17.5. The first-order valence-corrected chi connectivity index (χ1v) is 13.9. The van der Waals surface area contributed by atoms with Crippen LogP contribution in [0.5, 0.6) is 11.5 Å². The number of likely N-dealkylation sites (tertiary alicyclic amines) is 2. The fourth-order valence-electron chi connectivity index (χ4n) is 6.65. The lowest BCUT2D eigenvalue weighted by Crippen LogP contribution is -2.60.